The maximum atomic E-state index is 12.9. The molecule has 2 N–H and O–H groups in total. The second-order valence-electron chi connectivity index (χ2n) is 2.90. The van der Waals surface area contributed by atoms with E-state index >= 15 is 0 Å². The molecule has 0 aliphatic rings. The van der Waals surface area contributed by atoms with E-state index in [2.05, 4.69) is 4.74 Å². The predicted molar refractivity (Wildman–Crippen MR) is 56.5 cm³/mol. The minimum Gasteiger partial charge on any atom is -0.463 e. The van der Waals surface area contributed by atoms with E-state index in [0.717, 1.165) is 0 Å². The van der Waals surface area contributed by atoms with Crippen molar-refractivity contribution in [3.63, 3.8) is 0 Å². The summed E-state index contributed by atoms with van der Waals surface area (Å²) in [6.07, 6.45) is 2.69. The van der Waals surface area contributed by atoms with Crippen LogP contribution in [-0.2, 0) is 9.53 Å². The van der Waals surface area contributed by atoms with Gasteiger partial charge in [-0.15, -0.1) is 0 Å². The van der Waals surface area contributed by atoms with Crippen molar-refractivity contribution >= 4 is 17.7 Å². The number of halogens is 1. The van der Waals surface area contributed by atoms with Gasteiger partial charge in [-0.1, -0.05) is 0 Å². The van der Waals surface area contributed by atoms with E-state index in [1.165, 1.54) is 24.3 Å². The molecule has 0 aliphatic heterocycles. The predicted octanol–water partition coefficient (Wildman–Crippen LogP) is 1.98. The average molecular weight is 209 g/mol. The molecular formula is C11H12FNO2. The lowest BCUT2D eigenvalue weighted by molar-refractivity contribution is -0.137. The van der Waals surface area contributed by atoms with Crippen LogP contribution in [0.1, 0.15) is 12.5 Å². The smallest absolute Gasteiger partial charge is 0.330 e. The Morgan fingerprint density at radius 1 is 1.53 bits per heavy atom. The zero-order valence-electron chi connectivity index (χ0n) is 8.37. The van der Waals surface area contributed by atoms with E-state index in [1.807, 2.05) is 0 Å². The molecule has 1 aromatic carbocycles. The van der Waals surface area contributed by atoms with Gasteiger partial charge in [-0.25, -0.2) is 9.18 Å². The van der Waals surface area contributed by atoms with Gasteiger partial charge in [0.25, 0.3) is 0 Å². The number of nitrogen functional groups attached to an aromatic ring is 1. The van der Waals surface area contributed by atoms with Crippen LogP contribution in [-0.4, -0.2) is 12.6 Å². The fourth-order valence-corrected chi connectivity index (χ4v) is 1.09. The molecule has 0 radical (unpaired) electrons. The highest BCUT2D eigenvalue weighted by Gasteiger charge is 1.97. The number of hydrogen-bond donors (Lipinski definition) is 1. The third kappa shape index (κ3) is 3.81. The summed E-state index contributed by atoms with van der Waals surface area (Å²) in [5.41, 5.74) is 6.28. The van der Waals surface area contributed by atoms with E-state index in [0.29, 0.717) is 17.9 Å². The van der Waals surface area contributed by atoms with Crippen LogP contribution >= 0.6 is 0 Å². The molecule has 0 aromatic heterocycles. The molecule has 1 rings (SSSR count). The molecule has 0 saturated carbocycles. The number of hydrogen-bond acceptors (Lipinski definition) is 3. The first-order valence-corrected chi connectivity index (χ1v) is 4.52. The van der Waals surface area contributed by atoms with Gasteiger partial charge < -0.3 is 10.5 Å². The van der Waals surface area contributed by atoms with Crippen molar-refractivity contribution < 1.29 is 13.9 Å². The van der Waals surface area contributed by atoms with Gasteiger partial charge in [0.15, 0.2) is 0 Å². The Labute approximate surface area is 87.3 Å². The molecule has 0 heterocycles. The summed E-state index contributed by atoms with van der Waals surface area (Å²) in [6, 6.07) is 4.06. The topological polar surface area (TPSA) is 52.3 Å². The summed E-state index contributed by atoms with van der Waals surface area (Å²) in [5, 5.41) is 0. The van der Waals surface area contributed by atoms with Crippen LogP contribution in [0.25, 0.3) is 6.08 Å². The molecule has 0 atom stereocenters. The lowest BCUT2D eigenvalue weighted by Gasteiger charge is -1.98. The Bertz CT molecular complexity index is 368. The molecule has 0 bridgehead atoms. The van der Waals surface area contributed by atoms with E-state index in [-0.39, 0.29) is 0 Å². The molecule has 0 spiro atoms. The Kier molecular flexibility index (Phi) is 3.85. The molecule has 0 saturated heterocycles. The lowest BCUT2D eigenvalue weighted by atomic mass is 10.2. The standard InChI is InChI=1S/C11H12FNO2/c1-2-15-11(14)4-3-8-5-9(12)7-10(13)6-8/h3-7H,2,13H2,1H3/b4-3+. The van der Waals surface area contributed by atoms with Crippen LogP contribution in [0.4, 0.5) is 10.1 Å². The fraction of sp³-hybridized carbons (Fsp3) is 0.182. The Morgan fingerprint density at radius 3 is 2.87 bits per heavy atom. The van der Waals surface area contributed by atoms with Crippen LogP contribution < -0.4 is 5.73 Å². The van der Waals surface area contributed by atoms with Gasteiger partial charge in [-0.2, -0.15) is 0 Å². The number of nitrogens with two attached hydrogens (primary N) is 1. The van der Waals surface area contributed by atoms with Crippen LogP contribution in [0.2, 0.25) is 0 Å². The van der Waals surface area contributed by atoms with Crippen molar-refractivity contribution in [2.24, 2.45) is 0 Å². The maximum absolute atomic E-state index is 12.9. The molecule has 0 fully saturated rings. The quantitative estimate of drug-likeness (QED) is 0.470. The lowest BCUT2D eigenvalue weighted by Crippen LogP contribution is -1.98. The van der Waals surface area contributed by atoms with E-state index in [4.69, 9.17) is 5.73 Å². The van der Waals surface area contributed by atoms with Gasteiger partial charge >= 0.3 is 5.97 Å². The van der Waals surface area contributed by atoms with Crippen LogP contribution in [0.3, 0.4) is 0 Å². The monoisotopic (exact) mass is 209 g/mol. The highest BCUT2D eigenvalue weighted by molar-refractivity contribution is 5.87. The van der Waals surface area contributed by atoms with Crippen molar-refractivity contribution in [2.45, 2.75) is 6.92 Å². The highest BCUT2D eigenvalue weighted by Crippen LogP contribution is 2.12. The number of anilines is 1. The number of rotatable bonds is 3. The van der Waals surface area contributed by atoms with Gasteiger partial charge in [0.2, 0.25) is 0 Å². The maximum Gasteiger partial charge on any atom is 0.330 e. The minimum absolute atomic E-state index is 0.314. The average Bonchev–Trinajstić information content (AvgIpc) is 2.14. The van der Waals surface area contributed by atoms with Crippen molar-refractivity contribution in [1.29, 1.82) is 0 Å². The van der Waals surface area contributed by atoms with E-state index < -0.39 is 11.8 Å². The van der Waals surface area contributed by atoms with Gasteiger partial charge in [0.05, 0.1) is 6.61 Å². The first kappa shape index (κ1) is 11.2. The molecule has 1 aromatic rings. The van der Waals surface area contributed by atoms with Crippen molar-refractivity contribution in [3.8, 4) is 0 Å². The number of carbonyl (C=O) groups is 1. The van der Waals surface area contributed by atoms with E-state index in [9.17, 15) is 9.18 Å². The largest absolute Gasteiger partial charge is 0.463 e. The second-order valence-corrected chi connectivity index (χ2v) is 2.90. The number of esters is 1. The Hall–Kier alpha value is -1.84. The zero-order valence-corrected chi connectivity index (χ0v) is 8.37. The molecular weight excluding hydrogens is 197 g/mol. The molecule has 0 unspecified atom stereocenters. The third-order valence-corrected chi connectivity index (χ3v) is 1.64. The molecule has 3 nitrogen and oxygen atoms in total. The Morgan fingerprint density at radius 2 is 2.27 bits per heavy atom. The van der Waals surface area contributed by atoms with Gasteiger partial charge in [-0.3, -0.25) is 0 Å². The summed E-state index contributed by atoms with van der Waals surface area (Å²) in [7, 11) is 0. The van der Waals surface area contributed by atoms with Crippen LogP contribution in [0.5, 0.6) is 0 Å². The third-order valence-electron chi connectivity index (χ3n) is 1.64. The van der Waals surface area contributed by atoms with Crippen molar-refractivity contribution in [1.82, 2.24) is 0 Å². The van der Waals surface area contributed by atoms with Crippen LogP contribution in [0.15, 0.2) is 24.3 Å². The normalized spacial score (nSPS) is 10.5. The molecule has 0 amide bonds. The molecule has 15 heavy (non-hydrogen) atoms. The summed E-state index contributed by atoms with van der Waals surface area (Å²) in [4.78, 5) is 11.0. The summed E-state index contributed by atoms with van der Waals surface area (Å²) in [6.45, 7) is 2.03. The molecule has 4 heteroatoms. The van der Waals surface area contributed by atoms with Gasteiger partial charge in [0, 0.05) is 11.8 Å². The highest BCUT2D eigenvalue weighted by atomic mass is 19.1. The number of benzene rings is 1. The SMILES string of the molecule is CCOC(=O)/C=C/c1cc(N)cc(F)c1. The van der Waals surface area contributed by atoms with Gasteiger partial charge in [0.1, 0.15) is 5.82 Å². The first-order valence-electron chi connectivity index (χ1n) is 4.52. The fourth-order valence-electron chi connectivity index (χ4n) is 1.09. The summed E-state index contributed by atoms with van der Waals surface area (Å²) in [5.74, 6) is -0.890. The zero-order chi connectivity index (χ0) is 11.3. The van der Waals surface area contributed by atoms with Crippen molar-refractivity contribution in [2.75, 3.05) is 12.3 Å². The van der Waals surface area contributed by atoms with E-state index in [1.54, 1.807) is 13.0 Å². The van der Waals surface area contributed by atoms with Gasteiger partial charge in [-0.05, 0) is 36.8 Å². The number of carbonyl (C=O) groups excluding carboxylic acids is 1. The second kappa shape index (κ2) is 5.14. The molecule has 0 aliphatic carbocycles. The summed E-state index contributed by atoms with van der Waals surface area (Å²) >= 11 is 0. The Balaban J connectivity index is 2.76. The number of ether oxygens (including phenoxy) is 1. The van der Waals surface area contributed by atoms with Crippen LogP contribution in [0, 0.1) is 5.82 Å². The van der Waals surface area contributed by atoms with Crippen molar-refractivity contribution in [3.05, 3.63) is 35.7 Å². The molecule has 80 valence electrons. The first-order chi connectivity index (χ1) is 7.11. The minimum atomic E-state index is -0.458. The summed E-state index contributed by atoms with van der Waals surface area (Å²) < 4.78 is 17.5.